The average Bonchev–Trinajstić information content (AvgIpc) is 3.16. The van der Waals surface area contributed by atoms with E-state index in [4.69, 9.17) is 4.74 Å². The number of hydrogen-bond acceptors (Lipinski definition) is 3. The number of carbonyl (C=O) groups excluding carboxylic acids is 1. The summed E-state index contributed by atoms with van der Waals surface area (Å²) in [5.41, 5.74) is 2.55. The van der Waals surface area contributed by atoms with E-state index in [9.17, 15) is 4.79 Å². The Hall–Kier alpha value is -1.77. The van der Waals surface area contributed by atoms with E-state index in [1.807, 2.05) is 13.8 Å². The van der Waals surface area contributed by atoms with Crippen LogP contribution in [0, 0.1) is 5.92 Å². The van der Waals surface area contributed by atoms with E-state index in [0.717, 1.165) is 25.0 Å². The Bertz CT molecular complexity index is 550. The van der Waals surface area contributed by atoms with Gasteiger partial charge in [-0.15, -0.1) is 6.58 Å². The summed E-state index contributed by atoms with van der Waals surface area (Å²) in [6.45, 7) is 7.97. The van der Waals surface area contributed by atoms with Gasteiger partial charge in [0.05, 0.1) is 7.11 Å². The third-order valence-corrected chi connectivity index (χ3v) is 4.76. The molecule has 1 aliphatic heterocycles. The fourth-order valence-corrected chi connectivity index (χ4v) is 3.70. The summed E-state index contributed by atoms with van der Waals surface area (Å²) in [4.78, 5) is 11.2. The van der Waals surface area contributed by atoms with Crippen LogP contribution in [-0.2, 0) is 16.0 Å². The van der Waals surface area contributed by atoms with Crippen molar-refractivity contribution in [2.45, 2.75) is 58.0 Å². The Kier molecular flexibility index (Phi) is 6.26. The first-order chi connectivity index (χ1) is 11.2. The Morgan fingerprint density at radius 3 is 2.87 bits per heavy atom. The van der Waals surface area contributed by atoms with E-state index in [1.165, 1.54) is 24.7 Å². The largest absolute Gasteiger partial charge is 0.489 e. The molecule has 1 aromatic rings. The molecule has 3 unspecified atom stereocenters. The van der Waals surface area contributed by atoms with Crippen molar-refractivity contribution in [1.29, 1.82) is 0 Å². The number of fused-ring (bicyclic) bond motifs is 3. The summed E-state index contributed by atoms with van der Waals surface area (Å²) in [6.07, 6.45) is 6.78. The molecule has 0 saturated heterocycles. The number of aryl methyl sites for hydroxylation is 1. The predicted octanol–water partition coefficient (Wildman–Crippen LogP) is 4.65. The van der Waals surface area contributed by atoms with Crippen LogP contribution in [-0.4, -0.2) is 19.2 Å². The van der Waals surface area contributed by atoms with E-state index in [2.05, 4.69) is 35.6 Å². The van der Waals surface area contributed by atoms with E-state index in [1.54, 1.807) is 0 Å². The highest BCUT2D eigenvalue weighted by Crippen LogP contribution is 2.51. The van der Waals surface area contributed by atoms with Crippen molar-refractivity contribution >= 4 is 5.97 Å². The van der Waals surface area contributed by atoms with Crippen molar-refractivity contribution in [2.24, 2.45) is 5.92 Å². The minimum atomic E-state index is -0.146. The molecule has 1 heterocycles. The van der Waals surface area contributed by atoms with Gasteiger partial charge in [0.25, 0.3) is 0 Å². The minimum absolute atomic E-state index is 0.146. The molecule has 1 saturated carbocycles. The zero-order valence-corrected chi connectivity index (χ0v) is 14.5. The van der Waals surface area contributed by atoms with Crippen molar-refractivity contribution in [3.8, 4) is 5.75 Å². The molecular formula is C20H28O3. The Labute approximate surface area is 139 Å². The topological polar surface area (TPSA) is 35.5 Å². The van der Waals surface area contributed by atoms with Gasteiger partial charge in [0.15, 0.2) is 0 Å². The van der Waals surface area contributed by atoms with Gasteiger partial charge in [-0.05, 0) is 37.2 Å². The number of hydrogen-bond donors (Lipinski definition) is 0. The van der Waals surface area contributed by atoms with E-state index < -0.39 is 0 Å². The Balaban J connectivity index is 0.000000924. The summed E-state index contributed by atoms with van der Waals surface area (Å²) in [5, 5.41) is 0. The van der Waals surface area contributed by atoms with Crippen LogP contribution < -0.4 is 4.74 Å². The van der Waals surface area contributed by atoms with Gasteiger partial charge < -0.3 is 9.47 Å². The molecule has 0 N–H and O–H groups in total. The number of para-hydroxylation sites is 1. The second kappa shape index (κ2) is 8.19. The van der Waals surface area contributed by atoms with Crippen LogP contribution in [0.1, 0.15) is 56.6 Å². The molecule has 1 aromatic carbocycles. The molecule has 23 heavy (non-hydrogen) atoms. The SMILES string of the molecule is C=CC1CCC2Oc3c(CCCC(=O)OC)cccc3C12.CC. The fraction of sp³-hybridized carbons (Fsp3) is 0.550. The molecular weight excluding hydrogens is 288 g/mol. The van der Waals surface area contributed by atoms with Gasteiger partial charge in [0.2, 0.25) is 0 Å². The van der Waals surface area contributed by atoms with Crippen LogP contribution in [0.5, 0.6) is 5.75 Å². The van der Waals surface area contributed by atoms with Crippen LogP contribution in [0.25, 0.3) is 0 Å². The molecule has 3 rings (SSSR count). The highest BCUT2D eigenvalue weighted by molar-refractivity contribution is 5.69. The third kappa shape index (κ3) is 3.60. The maximum Gasteiger partial charge on any atom is 0.305 e. The van der Waals surface area contributed by atoms with Crippen molar-refractivity contribution in [2.75, 3.05) is 7.11 Å². The first-order valence-corrected chi connectivity index (χ1v) is 8.72. The normalized spacial score (nSPS) is 23.9. The Morgan fingerprint density at radius 1 is 1.39 bits per heavy atom. The smallest absolute Gasteiger partial charge is 0.305 e. The number of rotatable bonds is 5. The van der Waals surface area contributed by atoms with Gasteiger partial charge in [0, 0.05) is 17.9 Å². The molecule has 3 heteroatoms. The molecule has 1 aliphatic carbocycles. The van der Waals surface area contributed by atoms with Gasteiger partial charge in [-0.25, -0.2) is 0 Å². The summed E-state index contributed by atoms with van der Waals surface area (Å²) in [6, 6.07) is 6.40. The second-order valence-corrected chi connectivity index (χ2v) is 5.92. The van der Waals surface area contributed by atoms with E-state index in [0.29, 0.717) is 24.4 Å². The minimum Gasteiger partial charge on any atom is -0.489 e. The highest BCUT2D eigenvalue weighted by atomic mass is 16.5. The maximum atomic E-state index is 11.2. The zero-order valence-electron chi connectivity index (χ0n) is 14.5. The number of ether oxygens (including phenoxy) is 2. The fourth-order valence-electron chi connectivity index (χ4n) is 3.70. The predicted molar refractivity (Wildman–Crippen MR) is 92.8 cm³/mol. The molecule has 0 aromatic heterocycles. The maximum absolute atomic E-state index is 11.2. The Morgan fingerprint density at radius 2 is 2.17 bits per heavy atom. The van der Waals surface area contributed by atoms with Gasteiger partial charge in [-0.2, -0.15) is 0 Å². The van der Waals surface area contributed by atoms with Crippen molar-refractivity contribution < 1.29 is 14.3 Å². The molecule has 3 atom stereocenters. The molecule has 0 amide bonds. The van der Waals surface area contributed by atoms with Crippen molar-refractivity contribution in [1.82, 2.24) is 0 Å². The second-order valence-electron chi connectivity index (χ2n) is 5.92. The van der Waals surface area contributed by atoms with Crippen molar-refractivity contribution in [3.05, 3.63) is 42.0 Å². The number of methoxy groups -OCH3 is 1. The van der Waals surface area contributed by atoms with Crippen LogP contribution >= 0.6 is 0 Å². The molecule has 0 bridgehead atoms. The monoisotopic (exact) mass is 316 g/mol. The molecule has 0 radical (unpaired) electrons. The quantitative estimate of drug-likeness (QED) is 0.586. The average molecular weight is 316 g/mol. The van der Waals surface area contributed by atoms with Gasteiger partial charge in [-0.3, -0.25) is 4.79 Å². The standard InChI is InChI=1S/C18H22O3.C2H6/c1-3-12-10-11-15-17(12)14-8-4-6-13(18(14)21-15)7-5-9-16(19)20-2;1-2/h3-4,6,8,12,15,17H,1,5,7,9-11H2,2H3;1-2H3. The molecule has 3 nitrogen and oxygen atoms in total. The van der Waals surface area contributed by atoms with Gasteiger partial charge >= 0.3 is 5.97 Å². The highest BCUT2D eigenvalue weighted by Gasteiger charge is 2.43. The third-order valence-electron chi connectivity index (χ3n) is 4.76. The summed E-state index contributed by atoms with van der Waals surface area (Å²) in [7, 11) is 1.43. The lowest BCUT2D eigenvalue weighted by atomic mass is 9.88. The van der Waals surface area contributed by atoms with Crippen molar-refractivity contribution in [3.63, 3.8) is 0 Å². The summed E-state index contributed by atoms with van der Waals surface area (Å²) >= 11 is 0. The molecule has 1 fully saturated rings. The lowest BCUT2D eigenvalue weighted by Crippen LogP contribution is -2.14. The number of benzene rings is 1. The lowest BCUT2D eigenvalue weighted by Gasteiger charge is -2.13. The number of allylic oxidation sites excluding steroid dienone is 1. The molecule has 126 valence electrons. The zero-order chi connectivity index (χ0) is 16.8. The number of esters is 1. The summed E-state index contributed by atoms with van der Waals surface area (Å²) in [5.74, 6) is 1.91. The number of carbonyl (C=O) groups is 1. The summed E-state index contributed by atoms with van der Waals surface area (Å²) < 4.78 is 10.9. The van der Waals surface area contributed by atoms with Gasteiger partial charge in [0.1, 0.15) is 11.9 Å². The van der Waals surface area contributed by atoms with Gasteiger partial charge in [-0.1, -0.05) is 38.1 Å². The van der Waals surface area contributed by atoms with Crippen LogP contribution in [0.4, 0.5) is 0 Å². The molecule has 0 spiro atoms. The molecule has 2 aliphatic rings. The van der Waals surface area contributed by atoms with E-state index in [-0.39, 0.29) is 5.97 Å². The van der Waals surface area contributed by atoms with E-state index >= 15 is 0 Å². The van der Waals surface area contributed by atoms with Crippen LogP contribution in [0.15, 0.2) is 30.9 Å². The van der Waals surface area contributed by atoms with Crippen LogP contribution in [0.2, 0.25) is 0 Å². The lowest BCUT2D eigenvalue weighted by molar-refractivity contribution is -0.140. The first-order valence-electron chi connectivity index (χ1n) is 8.72. The first kappa shape index (κ1) is 17.6. The van der Waals surface area contributed by atoms with Crippen LogP contribution in [0.3, 0.4) is 0 Å².